The molecule has 14 heteroatoms. The highest BCUT2D eigenvalue weighted by Crippen LogP contribution is 2.28. The summed E-state index contributed by atoms with van der Waals surface area (Å²) in [6, 6.07) is 13.3. The van der Waals surface area contributed by atoms with Crippen molar-refractivity contribution in [3.8, 4) is 5.75 Å². The lowest BCUT2D eigenvalue weighted by Crippen LogP contribution is -2.36. The van der Waals surface area contributed by atoms with Crippen LogP contribution in [0.2, 0.25) is 0 Å². The number of benzene rings is 2. The second-order valence-electron chi connectivity index (χ2n) is 10.0. The van der Waals surface area contributed by atoms with Crippen LogP contribution in [0.25, 0.3) is 11.0 Å². The SMILES string of the molecule is CNCc1cccc(CNc2c(NC)c(=O)c2=O)c1.O=Cc1c[nH]c2c(C(=O)NCc3ccc4c(c3)NC(=O)CO4)ncnc12. The van der Waals surface area contributed by atoms with E-state index in [0.29, 0.717) is 52.2 Å². The zero-order chi connectivity index (χ0) is 31.9. The zero-order valence-electron chi connectivity index (χ0n) is 24.4. The lowest BCUT2D eigenvalue weighted by molar-refractivity contribution is -0.118. The van der Waals surface area contributed by atoms with Crippen LogP contribution in [0.15, 0.2) is 64.6 Å². The van der Waals surface area contributed by atoms with Crippen molar-refractivity contribution in [2.45, 2.75) is 19.6 Å². The molecule has 0 saturated heterocycles. The van der Waals surface area contributed by atoms with Gasteiger partial charge in [-0.15, -0.1) is 0 Å². The van der Waals surface area contributed by atoms with Crippen molar-refractivity contribution in [1.29, 1.82) is 0 Å². The maximum Gasteiger partial charge on any atom is 0.272 e. The first-order valence-electron chi connectivity index (χ1n) is 13.9. The van der Waals surface area contributed by atoms with Crippen LogP contribution in [-0.4, -0.2) is 53.8 Å². The molecular weight excluding hydrogens is 580 g/mol. The normalized spacial score (nSPS) is 11.9. The molecule has 14 nitrogen and oxygen atoms in total. The van der Waals surface area contributed by atoms with Crippen LogP contribution in [0.1, 0.15) is 37.5 Å². The zero-order valence-corrected chi connectivity index (χ0v) is 24.4. The van der Waals surface area contributed by atoms with Crippen LogP contribution in [0.3, 0.4) is 0 Å². The Balaban J connectivity index is 0.000000187. The summed E-state index contributed by atoms with van der Waals surface area (Å²) in [4.78, 5) is 68.4. The molecule has 0 saturated carbocycles. The number of aromatic amines is 1. The van der Waals surface area contributed by atoms with Gasteiger partial charge in [-0.05, 0) is 35.9 Å². The van der Waals surface area contributed by atoms with E-state index in [0.717, 1.165) is 17.7 Å². The molecule has 1 aliphatic heterocycles. The number of H-pyrrole nitrogens is 1. The van der Waals surface area contributed by atoms with Gasteiger partial charge in [0.05, 0.1) is 16.8 Å². The van der Waals surface area contributed by atoms with Crippen molar-refractivity contribution in [2.75, 3.05) is 36.7 Å². The first-order chi connectivity index (χ1) is 21.8. The number of nitrogens with one attached hydrogen (secondary N) is 6. The first kappa shape index (κ1) is 30.6. The number of hydrogen-bond acceptors (Lipinski definition) is 11. The molecule has 6 rings (SSSR count). The molecule has 0 atom stereocenters. The maximum absolute atomic E-state index is 12.5. The molecule has 2 amide bonds. The van der Waals surface area contributed by atoms with E-state index in [4.69, 9.17) is 4.74 Å². The molecular formula is C31H30N8O6. The molecule has 6 N–H and O–H groups in total. The maximum atomic E-state index is 12.5. The Morgan fingerprint density at radius 1 is 0.956 bits per heavy atom. The Bertz CT molecular complexity index is 1960. The van der Waals surface area contributed by atoms with Gasteiger partial charge in [0, 0.05) is 32.9 Å². The van der Waals surface area contributed by atoms with Crippen molar-refractivity contribution >= 4 is 46.2 Å². The summed E-state index contributed by atoms with van der Waals surface area (Å²) in [7, 11) is 3.53. The third-order valence-corrected chi connectivity index (χ3v) is 6.97. The highest BCUT2D eigenvalue weighted by atomic mass is 16.5. The van der Waals surface area contributed by atoms with Crippen molar-refractivity contribution in [2.24, 2.45) is 0 Å². The lowest BCUT2D eigenvalue weighted by atomic mass is 10.1. The minimum Gasteiger partial charge on any atom is -0.482 e. The van der Waals surface area contributed by atoms with Gasteiger partial charge >= 0.3 is 0 Å². The van der Waals surface area contributed by atoms with Gasteiger partial charge in [0.1, 0.15) is 29.0 Å². The van der Waals surface area contributed by atoms with E-state index in [2.05, 4.69) is 47.6 Å². The molecule has 3 heterocycles. The summed E-state index contributed by atoms with van der Waals surface area (Å²) in [5.74, 6) is -0.0422. The van der Waals surface area contributed by atoms with Gasteiger partial charge in [-0.2, -0.15) is 0 Å². The molecule has 0 radical (unpaired) electrons. The number of aldehydes is 1. The second kappa shape index (κ2) is 13.6. The lowest BCUT2D eigenvalue weighted by Gasteiger charge is -2.18. The average molecular weight is 611 g/mol. The second-order valence-corrected chi connectivity index (χ2v) is 10.0. The Kier molecular flexibility index (Phi) is 9.24. The Morgan fingerprint density at radius 2 is 1.71 bits per heavy atom. The Hall–Kier alpha value is -5.89. The molecule has 0 fully saturated rings. The number of nitrogens with zero attached hydrogens (tertiary/aromatic N) is 2. The van der Waals surface area contributed by atoms with Crippen LogP contribution in [-0.2, 0) is 24.4 Å². The van der Waals surface area contributed by atoms with Crippen molar-refractivity contribution < 1.29 is 19.1 Å². The van der Waals surface area contributed by atoms with Crippen LogP contribution in [0.5, 0.6) is 5.75 Å². The molecule has 0 spiro atoms. The third-order valence-electron chi connectivity index (χ3n) is 6.97. The highest BCUT2D eigenvalue weighted by Gasteiger charge is 2.20. The molecule has 0 bridgehead atoms. The minimum absolute atomic E-state index is 0.00822. The van der Waals surface area contributed by atoms with Gasteiger partial charge in [0.25, 0.3) is 22.7 Å². The quantitative estimate of drug-likeness (QED) is 0.0994. The van der Waals surface area contributed by atoms with E-state index in [-0.39, 0.29) is 24.8 Å². The highest BCUT2D eigenvalue weighted by molar-refractivity contribution is 6.06. The predicted molar refractivity (Wildman–Crippen MR) is 168 cm³/mol. The average Bonchev–Trinajstić information content (AvgIpc) is 3.49. The van der Waals surface area contributed by atoms with Crippen LogP contribution >= 0.6 is 0 Å². The fraction of sp³-hybridized carbons (Fsp3) is 0.194. The predicted octanol–water partition coefficient (Wildman–Crippen LogP) is 1.69. The number of ether oxygens (including phenoxy) is 1. The largest absolute Gasteiger partial charge is 0.482 e. The molecule has 3 aromatic carbocycles. The molecule has 45 heavy (non-hydrogen) atoms. The van der Waals surface area contributed by atoms with E-state index in [1.165, 1.54) is 18.1 Å². The van der Waals surface area contributed by atoms with E-state index in [1.807, 2.05) is 25.2 Å². The molecule has 0 aliphatic carbocycles. The van der Waals surface area contributed by atoms with E-state index >= 15 is 0 Å². The van der Waals surface area contributed by atoms with E-state index < -0.39 is 16.8 Å². The van der Waals surface area contributed by atoms with Crippen LogP contribution < -0.4 is 42.2 Å². The summed E-state index contributed by atoms with van der Waals surface area (Å²) in [6.45, 7) is 1.55. The molecule has 2 aromatic heterocycles. The fourth-order valence-electron chi connectivity index (χ4n) is 4.77. The number of rotatable bonds is 10. The minimum atomic E-state index is -0.450. The summed E-state index contributed by atoms with van der Waals surface area (Å²) in [5.41, 5.74) is 4.77. The van der Waals surface area contributed by atoms with Crippen molar-refractivity contribution in [3.05, 3.63) is 103 Å². The van der Waals surface area contributed by atoms with E-state index in [1.54, 1.807) is 25.2 Å². The molecule has 1 aliphatic rings. The number of aromatic nitrogens is 3. The summed E-state index contributed by atoms with van der Waals surface area (Å²) in [5, 5.41) is 14.3. The number of carbonyl (C=O) groups is 3. The van der Waals surface area contributed by atoms with Gasteiger partial charge in [0.2, 0.25) is 0 Å². The standard InChI is InChI=1S/C17H13N5O4.C14H17N3O2/c23-6-10-5-18-15-14(10)20-8-21-16(15)17(25)19-4-9-1-2-12-11(3-9)22-13(24)7-26-12;1-15-7-9-4-3-5-10(6-9)8-17-12-11(16-2)13(18)14(12)19/h1-3,5-6,8,18H,4,7H2,(H,19,25)(H,22,24);3-6,15-17H,7-8H2,1-2H3. The van der Waals surface area contributed by atoms with Gasteiger partial charge < -0.3 is 36.3 Å². The molecule has 230 valence electrons. The summed E-state index contributed by atoms with van der Waals surface area (Å²) < 4.78 is 5.30. The van der Waals surface area contributed by atoms with Gasteiger partial charge in [-0.1, -0.05) is 30.3 Å². The summed E-state index contributed by atoms with van der Waals surface area (Å²) >= 11 is 0. The number of carbonyl (C=O) groups excluding carboxylic acids is 3. The first-order valence-corrected chi connectivity index (χ1v) is 13.9. The molecule has 5 aromatic rings. The van der Waals surface area contributed by atoms with Crippen LogP contribution in [0.4, 0.5) is 17.1 Å². The number of hydrogen-bond donors (Lipinski definition) is 6. The Morgan fingerprint density at radius 3 is 2.47 bits per heavy atom. The van der Waals surface area contributed by atoms with Gasteiger partial charge in [0.15, 0.2) is 18.6 Å². The third kappa shape index (κ3) is 6.70. The van der Waals surface area contributed by atoms with E-state index in [9.17, 15) is 24.0 Å². The smallest absolute Gasteiger partial charge is 0.272 e. The van der Waals surface area contributed by atoms with Crippen LogP contribution in [0, 0.1) is 0 Å². The number of anilines is 3. The van der Waals surface area contributed by atoms with Gasteiger partial charge in [-0.25, -0.2) is 9.97 Å². The van der Waals surface area contributed by atoms with Crippen molar-refractivity contribution in [3.63, 3.8) is 0 Å². The summed E-state index contributed by atoms with van der Waals surface area (Å²) in [6.07, 6.45) is 3.39. The topological polar surface area (TPSA) is 196 Å². The van der Waals surface area contributed by atoms with Gasteiger partial charge in [-0.3, -0.25) is 24.0 Å². The fourth-order valence-corrected chi connectivity index (χ4v) is 4.77. The Labute approximate surface area is 256 Å². The van der Waals surface area contributed by atoms with Crippen molar-refractivity contribution in [1.82, 2.24) is 25.6 Å². The number of amides is 2. The number of fused-ring (bicyclic) bond motifs is 2. The molecule has 0 unspecified atom stereocenters. The monoisotopic (exact) mass is 610 g/mol.